The van der Waals surface area contributed by atoms with E-state index in [-0.39, 0.29) is 0 Å². The molecular formula is C16H11BrClN. The molecule has 1 heterocycles. The van der Waals surface area contributed by atoms with Gasteiger partial charge in [-0.05, 0) is 53.5 Å². The van der Waals surface area contributed by atoms with Gasteiger partial charge < -0.3 is 0 Å². The Bertz CT molecular complexity index is 672. The molecular weight excluding hydrogens is 322 g/mol. The van der Waals surface area contributed by atoms with Crippen LogP contribution in [0.1, 0.15) is 16.8 Å². The zero-order chi connectivity index (χ0) is 13.2. The normalized spacial score (nSPS) is 13.7. The van der Waals surface area contributed by atoms with Crippen molar-refractivity contribution in [3.63, 3.8) is 0 Å². The Hall–Kier alpha value is -1.38. The van der Waals surface area contributed by atoms with Gasteiger partial charge in [-0.3, -0.25) is 4.98 Å². The fourth-order valence-electron chi connectivity index (χ4n) is 2.12. The van der Waals surface area contributed by atoms with Crippen LogP contribution in [-0.4, -0.2) is 4.98 Å². The molecule has 1 aliphatic carbocycles. The fraction of sp³-hybridized carbons (Fsp3) is 0.0625. The summed E-state index contributed by atoms with van der Waals surface area (Å²) in [6.45, 7) is 0. The van der Waals surface area contributed by atoms with E-state index in [1.54, 1.807) is 6.20 Å². The highest BCUT2D eigenvalue weighted by Gasteiger charge is 2.10. The van der Waals surface area contributed by atoms with Crippen LogP contribution in [0.5, 0.6) is 0 Å². The van der Waals surface area contributed by atoms with E-state index < -0.39 is 0 Å². The summed E-state index contributed by atoms with van der Waals surface area (Å²) in [4.78, 5) is 4.25. The minimum Gasteiger partial charge on any atom is -0.255 e. The van der Waals surface area contributed by atoms with Crippen LogP contribution in [0.2, 0.25) is 5.02 Å². The number of allylic oxidation sites excluding steroid dienone is 2. The minimum atomic E-state index is 0.662. The Balaban J connectivity index is 1.78. The van der Waals surface area contributed by atoms with E-state index in [9.17, 15) is 0 Å². The molecule has 0 saturated carbocycles. The molecule has 0 bridgehead atoms. The molecule has 0 aliphatic heterocycles. The van der Waals surface area contributed by atoms with Gasteiger partial charge in [0.15, 0.2) is 0 Å². The Morgan fingerprint density at radius 1 is 1.16 bits per heavy atom. The largest absolute Gasteiger partial charge is 0.255 e. The Labute approximate surface area is 125 Å². The average molecular weight is 333 g/mol. The molecule has 0 N–H and O–H groups in total. The van der Waals surface area contributed by atoms with Crippen LogP contribution in [0.15, 0.2) is 52.7 Å². The van der Waals surface area contributed by atoms with Gasteiger partial charge >= 0.3 is 0 Å². The summed E-state index contributed by atoms with van der Waals surface area (Å²) in [6.07, 6.45) is 8.98. The number of hydrogen-bond acceptors (Lipinski definition) is 1. The van der Waals surface area contributed by atoms with Crippen LogP contribution in [0.4, 0.5) is 0 Å². The number of pyridine rings is 1. The first kappa shape index (κ1) is 12.6. The van der Waals surface area contributed by atoms with E-state index in [2.05, 4.69) is 51.3 Å². The van der Waals surface area contributed by atoms with Crippen molar-refractivity contribution in [3.8, 4) is 0 Å². The number of fused-ring (bicyclic) bond motifs is 1. The van der Waals surface area contributed by atoms with Crippen molar-refractivity contribution in [2.24, 2.45) is 0 Å². The molecule has 0 unspecified atom stereocenters. The van der Waals surface area contributed by atoms with Crippen molar-refractivity contribution in [2.45, 2.75) is 6.42 Å². The predicted octanol–water partition coefficient (Wildman–Crippen LogP) is 5.15. The highest BCUT2D eigenvalue weighted by molar-refractivity contribution is 9.10. The monoisotopic (exact) mass is 331 g/mol. The first-order chi connectivity index (χ1) is 9.20. The molecule has 0 fully saturated rings. The zero-order valence-electron chi connectivity index (χ0n) is 10.1. The van der Waals surface area contributed by atoms with Gasteiger partial charge in [-0.1, -0.05) is 45.7 Å². The molecule has 2 aromatic rings. The maximum atomic E-state index is 5.81. The molecule has 3 rings (SSSR count). The summed E-state index contributed by atoms with van der Waals surface area (Å²) in [5.74, 6) is 0. The highest BCUT2D eigenvalue weighted by atomic mass is 79.9. The number of halogens is 2. The molecule has 1 nitrogen and oxygen atoms in total. The van der Waals surface area contributed by atoms with Crippen LogP contribution in [0, 0.1) is 0 Å². The molecule has 19 heavy (non-hydrogen) atoms. The van der Waals surface area contributed by atoms with Crippen LogP contribution < -0.4 is 0 Å². The van der Waals surface area contributed by atoms with Gasteiger partial charge in [0, 0.05) is 10.7 Å². The van der Waals surface area contributed by atoms with Gasteiger partial charge in [-0.15, -0.1) is 0 Å². The second kappa shape index (κ2) is 5.32. The molecule has 1 aromatic carbocycles. The van der Waals surface area contributed by atoms with Gasteiger partial charge in [0.1, 0.15) is 0 Å². The van der Waals surface area contributed by atoms with Crippen LogP contribution in [-0.2, 0) is 6.42 Å². The molecule has 0 radical (unpaired) electrons. The van der Waals surface area contributed by atoms with Crippen molar-refractivity contribution in [1.29, 1.82) is 0 Å². The molecule has 0 saturated heterocycles. The van der Waals surface area contributed by atoms with Crippen LogP contribution in [0.3, 0.4) is 0 Å². The van der Waals surface area contributed by atoms with Crippen molar-refractivity contribution in [2.75, 3.05) is 0 Å². The van der Waals surface area contributed by atoms with Gasteiger partial charge in [-0.2, -0.15) is 0 Å². The van der Waals surface area contributed by atoms with Gasteiger partial charge in [-0.25, -0.2) is 0 Å². The van der Waals surface area contributed by atoms with Gasteiger partial charge in [0.25, 0.3) is 0 Å². The predicted molar refractivity (Wildman–Crippen MR) is 84.1 cm³/mol. The van der Waals surface area contributed by atoms with Crippen molar-refractivity contribution in [1.82, 2.24) is 4.98 Å². The lowest BCUT2D eigenvalue weighted by atomic mass is 10.1. The molecule has 0 amide bonds. The third kappa shape index (κ3) is 2.96. The average Bonchev–Trinajstić information content (AvgIpc) is 2.80. The van der Waals surface area contributed by atoms with E-state index in [1.165, 1.54) is 16.7 Å². The number of rotatable bonds is 2. The standard InChI is InChI=1S/C16H11BrClN/c17-14-3-2-12-7-11(8-13(12)9-14)1-5-16-6-4-15(18)10-19-16/h1-7,9-10H,8H2/b5-1+. The molecule has 94 valence electrons. The first-order valence-electron chi connectivity index (χ1n) is 5.99. The van der Waals surface area contributed by atoms with E-state index >= 15 is 0 Å². The fourth-order valence-corrected chi connectivity index (χ4v) is 2.64. The third-order valence-corrected chi connectivity index (χ3v) is 3.78. The molecule has 0 spiro atoms. The van der Waals surface area contributed by atoms with Crippen molar-refractivity contribution < 1.29 is 0 Å². The maximum Gasteiger partial charge on any atom is 0.0630 e. The maximum absolute atomic E-state index is 5.81. The molecule has 1 aromatic heterocycles. The summed E-state index contributed by atoms with van der Waals surface area (Å²) in [5, 5.41) is 0.662. The number of hydrogen-bond donors (Lipinski definition) is 0. The van der Waals surface area contributed by atoms with E-state index in [1.807, 2.05) is 18.2 Å². The SMILES string of the molecule is Clc1ccc(/C=C/C2=Cc3ccc(Br)cc3C2)nc1. The molecule has 1 aliphatic rings. The van der Waals surface area contributed by atoms with Gasteiger partial charge in [0.2, 0.25) is 0 Å². The first-order valence-corrected chi connectivity index (χ1v) is 7.16. The highest BCUT2D eigenvalue weighted by Crippen LogP contribution is 2.28. The molecule has 0 atom stereocenters. The Morgan fingerprint density at radius 3 is 2.84 bits per heavy atom. The van der Waals surface area contributed by atoms with Gasteiger partial charge in [0.05, 0.1) is 10.7 Å². The quantitative estimate of drug-likeness (QED) is 0.741. The van der Waals surface area contributed by atoms with E-state index in [0.29, 0.717) is 5.02 Å². The minimum absolute atomic E-state index is 0.662. The lowest BCUT2D eigenvalue weighted by Gasteiger charge is -1.98. The van der Waals surface area contributed by atoms with Crippen LogP contribution in [0.25, 0.3) is 12.2 Å². The summed E-state index contributed by atoms with van der Waals surface area (Å²) < 4.78 is 1.13. The number of aromatic nitrogens is 1. The Kier molecular flexibility index (Phi) is 3.54. The van der Waals surface area contributed by atoms with E-state index in [4.69, 9.17) is 11.6 Å². The summed E-state index contributed by atoms with van der Waals surface area (Å²) in [5.41, 5.74) is 4.87. The summed E-state index contributed by atoms with van der Waals surface area (Å²) in [7, 11) is 0. The topological polar surface area (TPSA) is 12.9 Å². The summed E-state index contributed by atoms with van der Waals surface area (Å²) >= 11 is 9.32. The second-order valence-corrected chi connectivity index (χ2v) is 5.83. The van der Waals surface area contributed by atoms with Crippen molar-refractivity contribution in [3.05, 3.63) is 74.5 Å². The van der Waals surface area contributed by atoms with E-state index in [0.717, 1.165) is 16.6 Å². The second-order valence-electron chi connectivity index (χ2n) is 4.47. The third-order valence-electron chi connectivity index (χ3n) is 3.06. The Morgan fingerprint density at radius 2 is 2.05 bits per heavy atom. The van der Waals surface area contributed by atoms with Crippen molar-refractivity contribution >= 4 is 39.7 Å². The number of nitrogens with zero attached hydrogens (tertiary/aromatic N) is 1. The lowest BCUT2D eigenvalue weighted by molar-refractivity contribution is 1.24. The smallest absolute Gasteiger partial charge is 0.0630 e. The summed E-state index contributed by atoms with van der Waals surface area (Å²) in [6, 6.07) is 10.2. The lowest BCUT2D eigenvalue weighted by Crippen LogP contribution is -1.83. The molecule has 3 heteroatoms. The zero-order valence-corrected chi connectivity index (χ0v) is 12.4. The van der Waals surface area contributed by atoms with Crippen LogP contribution >= 0.6 is 27.5 Å². The number of benzene rings is 1.